The van der Waals surface area contributed by atoms with E-state index in [-0.39, 0.29) is 22.4 Å². The number of anilines is 3. The number of benzene rings is 1. The Morgan fingerprint density at radius 3 is 2.32 bits per heavy atom. The van der Waals surface area contributed by atoms with E-state index in [4.69, 9.17) is 17.3 Å². The molecule has 9 heteroatoms. The fourth-order valence-corrected chi connectivity index (χ4v) is 3.38. The van der Waals surface area contributed by atoms with Gasteiger partial charge in [0, 0.05) is 37.6 Å². The molecular weight excluding hydrogens is 380 g/mol. The first-order valence-corrected chi connectivity index (χ1v) is 9.43. The minimum absolute atomic E-state index is 0.00839. The van der Waals surface area contributed by atoms with Crippen LogP contribution in [0.3, 0.4) is 0 Å². The van der Waals surface area contributed by atoms with Crippen LogP contribution in [-0.2, 0) is 5.60 Å². The first kappa shape index (κ1) is 20.3. The van der Waals surface area contributed by atoms with Crippen molar-refractivity contribution in [3.8, 4) is 0 Å². The molecule has 0 saturated carbocycles. The quantitative estimate of drug-likeness (QED) is 0.699. The van der Waals surface area contributed by atoms with Crippen molar-refractivity contribution in [2.45, 2.75) is 19.4 Å². The molecule has 150 valence electrons. The average Bonchev–Trinajstić information content (AvgIpc) is 2.62. The molecule has 28 heavy (non-hydrogen) atoms. The Kier molecular flexibility index (Phi) is 5.74. The van der Waals surface area contributed by atoms with E-state index in [0.29, 0.717) is 0 Å². The topological polar surface area (TPSA) is 108 Å². The van der Waals surface area contributed by atoms with E-state index in [9.17, 15) is 9.90 Å². The van der Waals surface area contributed by atoms with Crippen LogP contribution < -0.4 is 16.0 Å². The number of primary amides is 1. The second-order valence-electron chi connectivity index (χ2n) is 7.45. The lowest BCUT2D eigenvalue weighted by Gasteiger charge is -2.34. The first-order chi connectivity index (χ1) is 13.1. The maximum absolute atomic E-state index is 11.8. The average molecular weight is 405 g/mol. The fourth-order valence-electron chi connectivity index (χ4n) is 3.02. The van der Waals surface area contributed by atoms with Gasteiger partial charge in [-0.25, -0.2) is 9.97 Å². The van der Waals surface area contributed by atoms with Gasteiger partial charge in [0.25, 0.3) is 5.91 Å². The van der Waals surface area contributed by atoms with Crippen LogP contribution in [0.2, 0.25) is 5.15 Å². The Hall–Kier alpha value is -2.42. The van der Waals surface area contributed by atoms with Gasteiger partial charge in [-0.3, -0.25) is 4.79 Å². The lowest BCUT2D eigenvalue weighted by atomic mass is 10.1. The lowest BCUT2D eigenvalue weighted by molar-refractivity contribution is 0.0732. The highest BCUT2D eigenvalue weighted by Gasteiger charge is 2.26. The molecule has 8 nitrogen and oxygen atoms in total. The van der Waals surface area contributed by atoms with Crippen LogP contribution in [-0.4, -0.2) is 59.1 Å². The molecule has 0 radical (unpaired) electrons. The molecule has 1 fully saturated rings. The van der Waals surface area contributed by atoms with Gasteiger partial charge in [0.2, 0.25) is 0 Å². The SMILES string of the molecule is CN1CCN(c2ccc(Nc3nc(Cl)c(C(C)(C)O)nc3C(N)=O)cc2)CC1. The smallest absolute Gasteiger partial charge is 0.271 e. The Labute approximate surface area is 169 Å². The van der Waals surface area contributed by atoms with E-state index >= 15 is 0 Å². The molecule has 1 amide bonds. The monoisotopic (exact) mass is 404 g/mol. The third kappa shape index (κ3) is 4.52. The summed E-state index contributed by atoms with van der Waals surface area (Å²) < 4.78 is 0. The number of hydrogen-bond acceptors (Lipinski definition) is 7. The number of nitrogens with one attached hydrogen (secondary N) is 1. The van der Waals surface area contributed by atoms with Gasteiger partial charge < -0.3 is 26.0 Å². The maximum atomic E-state index is 11.8. The van der Waals surface area contributed by atoms with Gasteiger partial charge in [0.15, 0.2) is 16.7 Å². The second-order valence-corrected chi connectivity index (χ2v) is 7.80. The number of aromatic nitrogens is 2. The Morgan fingerprint density at radius 2 is 1.79 bits per heavy atom. The number of halogens is 1. The number of carbonyl (C=O) groups is 1. The highest BCUT2D eigenvalue weighted by Crippen LogP contribution is 2.29. The van der Waals surface area contributed by atoms with Gasteiger partial charge in [-0.1, -0.05) is 11.6 Å². The van der Waals surface area contributed by atoms with Crippen LogP contribution in [0.25, 0.3) is 0 Å². The van der Waals surface area contributed by atoms with Gasteiger partial charge in [-0.2, -0.15) is 0 Å². The zero-order valence-corrected chi connectivity index (χ0v) is 17.0. The summed E-state index contributed by atoms with van der Waals surface area (Å²) in [5.41, 5.74) is 5.97. The molecule has 1 aromatic carbocycles. The lowest BCUT2D eigenvalue weighted by Crippen LogP contribution is -2.44. The van der Waals surface area contributed by atoms with Gasteiger partial charge in [-0.15, -0.1) is 0 Å². The number of hydrogen-bond donors (Lipinski definition) is 3. The minimum Gasteiger partial charge on any atom is -0.384 e. The number of nitrogens with zero attached hydrogens (tertiary/aromatic N) is 4. The summed E-state index contributed by atoms with van der Waals surface area (Å²) in [5.74, 6) is -0.607. The van der Waals surface area contributed by atoms with Crippen LogP contribution in [0.15, 0.2) is 24.3 Å². The third-order valence-electron chi connectivity index (χ3n) is 4.66. The molecular formula is C19H25ClN6O2. The van der Waals surface area contributed by atoms with Crippen molar-refractivity contribution in [3.63, 3.8) is 0 Å². The van der Waals surface area contributed by atoms with E-state index < -0.39 is 11.5 Å². The molecule has 2 heterocycles. The molecule has 0 unspecified atom stereocenters. The molecule has 4 N–H and O–H groups in total. The highest BCUT2D eigenvalue weighted by atomic mass is 35.5. The van der Waals surface area contributed by atoms with E-state index in [1.165, 1.54) is 13.8 Å². The summed E-state index contributed by atoms with van der Waals surface area (Å²) in [6.45, 7) is 7.05. The van der Waals surface area contributed by atoms with E-state index in [0.717, 1.165) is 37.6 Å². The summed E-state index contributed by atoms with van der Waals surface area (Å²) in [5, 5.41) is 13.2. The molecule has 1 aromatic heterocycles. The van der Waals surface area contributed by atoms with Crippen molar-refractivity contribution in [2.24, 2.45) is 5.73 Å². The molecule has 0 bridgehead atoms. The van der Waals surface area contributed by atoms with E-state index in [1.54, 1.807) is 0 Å². The number of piperazine rings is 1. The molecule has 1 aliphatic heterocycles. The van der Waals surface area contributed by atoms with Gasteiger partial charge in [0.1, 0.15) is 11.3 Å². The largest absolute Gasteiger partial charge is 0.384 e. The molecule has 2 aromatic rings. The van der Waals surface area contributed by atoms with Crippen LogP contribution in [0.4, 0.5) is 17.2 Å². The zero-order valence-electron chi connectivity index (χ0n) is 16.2. The normalized spacial score (nSPS) is 15.5. The summed E-state index contributed by atoms with van der Waals surface area (Å²) in [6, 6.07) is 7.82. The van der Waals surface area contributed by atoms with Crippen LogP contribution in [0.5, 0.6) is 0 Å². The zero-order chi connectivity index (χ0) is 20.5. The fraction of sp³-hybridized carbons (Fsp3) is 0.421. The number of likely N-dealkylation sites (N-methyl/N-ethyl adjacent to an activating group) is 1. The van der Waals surface area contributed by atoms with Crippen molar-refractivity contribution >= 4 is 34.7 Å². The number of amides is 1. The standard InChI is InChI=1S/C19H25ClN6O2/c1-19(2,28)15-16(20)24-18(14(23-15)17(21)27)22-12-4-6-13(7-5-12)26-10-8-25(3)9-11-26/h4-7,28H,8-11H2,1-3H3,(H2,21,27)(H,22,24). The van der Waals surface area contributed by atoms with Gasteiger partial charge in [0.05, 0.1) is 0 Å². The number of aliphatic hydroxyl groups is 1. The minimum atomic E-state index is -1.35. The summed E-state index contributed by atoms with van der Waals surface area (Å²) in [6.07, 6.45) is 0. The van der Waals surface area contributed by atoms with Crippen molar-refractivity contribution < 1.29 is 9.90 Å². The molecule has 3 rings (SSSR count). The maximum Gasteiger partial charge on any atom is 0.271 e. The molecule has 0 atom stereocenters. The van der Waals surface area contributed by atoms with E-state index in [1.807, 2.05) is 24.3 Å². The Morgan fingerprint density at radius 1 is 1.18 bits per heavy atom. The van der Waals surface area contributed by atoms with Crippen molar-refractivity contribution in [3.05, 3.63) is 40.8 Å². The molecule has 1 aliphatic rings. The molecule has 0 aliphatic carbocycles. The van der Waals surface area contributed by atoms with Crippen LogP contribution >= 0.6 is 11.6 Å². The predicted molar refractivity (Wildman–Crippen MR) is 110 cm³/mol. The van der Waals surface area contributed by atoms with Crippen LogP contribution in [0.1, 0.15) is 30.0 Å². The number of carbonyl (C=O) groups excluding carboxylic acids is 1. The molecule has 1 saturated heterocycles. The predicted octanol–water partition coefficient (Wildman–Crippen LogP) is 1.95. The first-order valence-electron chi connectivity index (χ1n) is 9.06. The highest BCUT2D eigenvalue weighted by molar-refractivity contribution is 6.30. The van der Waals surface area contributed by atoms with Gasteiger partial charge in [-0.05, 0) is 45.2 Å². The van der Waals surface area contributed by atoms with Crippen LogP contribution in [0, 0.1) is 0 Å². The van der Waals surface area contributed by atoms with Gasteiger partial charge >= 0.3 is 0 Å². The van der Waals surface area contributed by atoms with E-state index in [2.05, 4.69) is 32.1 Å². The van der Waals surface area contributed by atoms with Crippen molar-refractivity contribution in [1.82, 2.24) is 14.9 Å². The summed E-state index contributed by atoms with van der Waals surface area (Å²) in [7, 11) is 2.12. The summed E-state index contributed by atoms with van der Waals surface area (Å²) >= 11 is 6.16. The third-order valence-corrected chi connectivity index (χ3v) is 4.93. The Bertz CT molecular complexity index is 858. The number of nitrogens with two attached hydrogens (primary N) is 1. The summed E-state index contributed by atoms with van der Waals surface area (Å²) in [4.78, 5) is 24.8. The second kappa shape index (κ2) is 7.90. The Balaban J connectivity index is 1.83. The van der Waals surface area contributed by atoms with Crippen molar-refractivity contribution in [1.29, 1.82) is 0 Å². The molecule has 0 spiro atoms. The number of rotatable bonds is 5. The van der Waals surface area contributed by atoms with Crippen molar-refractivity contribution in [2.75, 3.05) is 43.4 Å².